The van der Waals surface area contributed by atoms with E-state index in [1.807, 2.05) is 0 Å². The van der Waals surface area contributed by atoms with Crippen LogP contribution in [0.3, 0.4) is 0 Å². The van der Waals surface area contributed by atoms with Crippen molar-refractivity contribution in [3.8, 4) is 0 Å². The summed E-state index contributed by atoms with van der Waals surface area (Å²) in [5.41, 5.74) is 0. The zero-order valence-corrected chi connectivity index (χ0v) is 9.13. The molecule has 2 fully saturated rings. The lowest BCUT2D eigenvalue weighted by atomic mass is 9.90. The standard InChI is InChI=1S/C12H23NO/c1-2-5-11(6-3-1)10-14-12-7-4-8-13-9-12/h11-13H,1-10H2/t12-/m1/s1. The molecule has 1 heterocycles. The maximum Gasteiger partial charge on any atom is 0.0700 e. The lowest BCUT2D eigenvalue weighted by molar-refractivity contribution is 0.00845. The minimum atomic E-state index is 0.505. The lowest BCUT2D eigenvalue weighted by Crippen LogP contribution is -2.36. The van der Waals surface area contributed by atoms with Crippen LogP contribution in [0.1, 0.15) is 44.9 Å². The van der Waals surface area contributed by atoms with Gasteiger partial charge in [-0.3, -0.25) is 0 Å². The molecule has 82 valence electrons. The fourth-order valence-corrected chi connectivity index (χ4v) is 2.59. The first-order chi connectivity index (χ1) is 6.95. The van der Waals surface area contributed by atoms with E-state index >= 15 is 0 Å². The van der Waals surface area contributed by atoms with Crippen molar-refractivity contribution < 1.29 is 4.74 Å². The molecule has 0 radical (unpaired) electrons. The van der Waals surface area contributed by atoms with Crippen LogP contribution in [0.25, 0.3) is 0 Å². The van der Waals surface area contributed by atoms with E-state index in [1.54, 1.807) is 0 Å². The van der Waals surface area contributed by atoms with Crippen molar-refractivity contribution in [3.05, 3.63) is 0 Å². The Balaban J connectivity index is 1.60. The Kier molecular flexibility index (Phi) is 4.26. The van der Waals surface area contributed by atoms with Gasteiger partial charge in [0.1, 0.15) is 0 Å². The van der Waals surface area contributed by atoms with E-state index in [1.165, 1.54) is 51.5 Å². The predicted molar refractivity (Wildman–Crippen MR) is 58.4 cm³/mol. The second kappa shape index (κ2) is 5.72. The number of nitrogens with one attached hydrogen (secondary N) is 1. The van der Waals surface area contributed by atoms with Gasteiger partial charge in [0.05, 0.1) is 6.10 Å². The quantitative estimate of drug-likeness (QED) is 0.750. The minimum absolute atomic E-state index is 0.505. The third-order valence-corrected chi connectivity index (χ3v) is 3.54. The van der Waals surface area contributed by atoms with Crippen molar-refractivity contribution in [1.82, 2.24) is 5.32 Å². The topological polar surface area (TPSA) is 21.3 Å². The Labute approximate surface area is 87.4 Å². The first-order valence-corrected chi connectivity index (χ1v) is 6.27. The van der Waals surface area contributed by atoms with Gasteiger partial charge in [-0.05, 0) is 38.1 Å². The van der Waals surface area contributed by atoms with Crippen LogP contribution in [0.4, 0.5) is 0 Å². The zero-order chi connectivity index (χ0) is 9.64. The fraction of sp³-hybridized carbons (Fsp3) is 1.00. The maximum atomic E-state index is 5.96. The molecule has 1 saturated carbocycles. The second-order valence-corrected chi connectivity index (χ2v) is 4.81. The van der Waals surface area contributed by atoms with E-state index in [-0.39, 0.29) is 0 Å². The molecule has 0 unspecified atom stereocenters. The van der Waals surface area contributed by atoms with Crippen molar-refractivity contribution in [2.75, 3.05) is 19.7 Å². The Bertz CT molecular complexity index is 130. The summed E-state index contributed by atoms with van der Waals surface area (Å²) in [6.45, 7) is 3.28. The molecule has 0 bridgehead atoms. The average Bonchev–Trinajstić information content (AvgIpc) is 2.29. The molecule has 0 amide bonds. The summed E-state index contributed by atoms with van der Waals surface area (Å²) in [7, 11) is 0. The first kappa shape index (κ1) is 10.4. The highest BCUT2D eigenvalue weighted by Crippen LogP contribution is 2.24. The van der Waals surface area contributed by atoms with Crippen LogP contribution in [-0.2, 0) is 4.74 Å². The monoisotopic (exact) mass is 197 g/mol. The largest absolute Gasteiger partial charge is 0.377 e. The number of ether oxygens (including phenoxy) is 1. The van der Waals surface area contributed by atoms with Crippen LogP contribution in [0.15, 0.2) is 0 Å². The van der Waals surface area contributed by atoms with E-state index in [0.29, 0.717) is 6.10 Å². The first-order valence-electron chi connectivity index (χ1n) is 6.27. The highest BCUT2D eigenvalue weighted by atomic mass is 16.5. The van der Waals surface area contributed by atoms with Crippen molar-refractivity contribution in [2.24, 2.45) is 5.92 Å². The van der Waals surface area contributed by atoms with Crippen molar-refractivity contribution >= 4 is 0 Å². The minimum Gasteiger partial charge on any atom is -0.377 e. The van der Waals surface area contributed by atoms with Gasteiger partial charge in [-0.1, -0.05) is 19.3 Å². The average molecular weight is 197 g/mol. The molecule has 2 rings (SSSR count). The molecule has 1 atom stereocenters. The molecule has 1 aliphatic carbocycles. The third kappa shape index (κ3) is 3.25. The molecule has 2 nitrogen and oxygen atoms in total. The molecule has 2 aliphatic rings. The Morgan fingerprint density at radius 1 is 1.00 bits per heavy atom. The van der Waals surface area contributed by atoms with E-state index in [0.717, 1.165) is 19.1 Å². The molecule has 0 spiro atoms. The molecule has 1 N–H and O–H groups in total. The molecule has 2 heteroatoms. The van der Waals surface area contributed by atoms with Gasteiger partial charge in [0.25, 0.3) is 0 Å². The second-order valence-electron chi connectivity index (χ2n) is 4.81. The molecule has 1 aliphatic heterocycles. The van der Waals surface area contributed by atoms with Gasteiger partial charge >= 0.3 is 0 Å². The normalized spacial score (nSPS) is 30.4. The van der Waals surface area contributed by atoms with E-state index in [2.05, 4.69) is 5.32 Å². The van der Waals surface area contributed by atoms with Gasteiger partial charge in [0, 0.05) is 13.2 Å². The van der Waals surface area contributed by atoms with Gasteiger partial charge in [0.15, 0.2) is 0 Å². The summed E-state index contributed by atoms with van der Waals surface area (Å²) < 4.78 is 5.96. The van der Waals surface area contributed by atoms with Gasteiger partial charge in [0.2, 0.25) is 0 Å². The van der Waals surface area contributed by atoms with E-state index in [9.17, 15) is 0 Å². The summed E-state index contributed by atoms with van der Waals surface area (Å²) in [6, 6.07) is 0. The van der Waals surface area contributed by atoms with Crippen molar-refractivity contribution in [1.29, 1.82) is 0 Å². The fourth-order valence-electron chi connectivity index (χ4n) is 2.59. The SMILES string of the molecule is C1CCC(CO[C@@H]2CCCNC2)CC1. The summed E-state index contributed by atoms with van der Waals surface area (Å²) in [5.74, 6) is 0.866. The number of rotatable bonds is 3. The Morgan fingerprint density at radius 2 is 1.86 bits per heavy atom. The van der Waals surface area contributed by atoms with Gasteiger partial charge in [-0.2, -0.15) is 0 Å². The molecule has 1 saturated heterocycles. The molecule has 0 aromatic carbocycles. The number of hydrogen-bond donors (Lipinski definition) is 1. The smallest absolute Gasteiger partial charge is 0.0700 e. The van der Waals surface area contributed by atoms with Crippen LogP contribution < -0.4 is 5.32 Å². The highest BCUT2D eigenvalue weighted by molar-refractivity contribution is 4.71. The van der Waals surface area contributed by atoms with Crippen molar-refractivity contribution in [3.63, 3.8) is 0 Å². The maximum absolute atomic E-state index is 5.96. The van der Waals surface area contributed by atoms with Crippen molar-refractivity contribution in [2.45, 2.75) is 51.0 Å². The summed E-state index contributed by atoms with van der Waals surface area (Å²) in [6.07, 6.45) is 10.2. The van der Waals surface area contributed by atoms with Crippen LogP contribution >= 0.6 is 0 Å². The molecule has 14 heavy (non-hydrogen) atoms. The van der Waals surface area contributed by atoms with Gasteiger partial charge in [-0.25, -0.2) is 0 Å². The van der Waals surface area contributed by atoms with Crippen LogP contribution in [0.5, 0.6) is 0 Å². The predicted octanol–water partition coefficient (Wildman–Crippen LogP) is 2.34. The van der Waals surface area contributed by atoms with Gasteiger partial charge in [-0.15, -0.1) is 0 Å². The van der Waals surface area contributed by atoms with Crippen LogP contribution in [0, 0.1) is 5.92 Å². The number of piperidine rings is 1. The lowest BCUT2D eigenvalue weighted by Gasteiger charge is -2.27. The molecular weight excluding hydrogens is 174 g/mol. The zero-order valence-electron chi connectivity index (χ0n) is 9.13. The Hall–Kier alpha value is -0.0800. The summed E-state index contributed by atoms with van der Waals surface area (Å²) in [4.78, 5) is 0. The van der Waals surface area contributed by atoms with Crippen LogP contribution in [0.2, 0.25) is 0 Å². The van der Waals surface area contributed by atoms with Crippen LogP contribution in [-0.4, -0.2) is 25.8 Å². The van der Waals surface area contributed by atoms with Gasteiger partial charge < -0.3 is 10.1 Å². The Morgan fingerprint density at radius 3 is 2.57 bits per heavy atom. The molecular formula is C12H23NO. The summed E-state index contributed by atoms with van der Waals surface area (Å²) >= 11 is 0. The summed E-state index contributed by atoms with van der Waals surface area (Å²) in [5, 5.41) is 3.40. The highest BCUT2D eigenvalue weighted by Gasteiger charge is 2.17. The van der Waals surface area contributed by atoms with E-state index in [4.69, 9.17) is 4.74 Å². The van der Waals surface area contributed by atoms with E-state index < -0.39 is 0 Å². The molecule has 0 aromatic heterocycles. The molecule has 0 aromatic rings. The number of hydrogen-bond acceptors (Lipinski definition) is 2. The third-order valence-electron chi connectivity index (χ3n) is 3.54.